The molecule has 0 saturated carbocycles. The fourth-order valence-corrected chi connectivity index (χ4v) is 4.71. The molecule has 37 heavy (non-hydrogen) atoms. The number of hydrogen-bond acceptors (Lipinski definition) is 4. The third-order valence-corrected chi connectivity index (χ3v) is 6.27. The van der Waals surface area contributed by atoms with Crippen molar-refractivity contribution >= 4 is 43.1 Å². The number of ether oxygens (including phenoxy) is 4. The van der Waals surface area contributed by atoms with E-state index in [2.05, 4.69) is 60.7 Å². The van der Waals surface area contributed by atoms with Crippen LogP contribution in [0.2, 0.25) is 0 Å². The Morgan fingerprint density at radius 1 is 0.459 bits per heavy atom. The molecule has 0 aliphatic heterocycles. The smallest absolute Gasteiger partial charge is 1.00 e. The number of methoxy groups -OCH3 is 4. The molecule has 0 aliphatic carbocycles. The molecule has 0 saturated heterocycles. The predicted octanol–water partition coefficient (Wildman–Crippen LogP) is 1.46. The van der Waals surface area contributed by atoms with E-state index in [4.69, 9.17) is 18.9 Å². The summed E-state index contributed by atoms with van der Waals surface area (Å²) >= 11 is 0. The first-order valence-electron chi connectivity index (χ1n) is 11.1. The van der Waals surface area contributed by atoms with Crippen LogP contribution in [-0.4, -0.2) is 28.4 Å². The average molecular weight is 658 g/mol. The van der Waals surface area contributed by atoms with Crippen molar-refractivity contribution < 1.29 is 74.6 Å². The molecule has 0 heterocycles. The Hall–Kier alpha value is -2.51. The molecule has 0 spiro atoms. The minimum absolute atomic E-state index is 0. The zero-order chi connectivity index (χ0) is 23.7. The van der Waals surface area contributed by atoms with Gasteiger partial charge in [0.1, 0.15) is 23.0 Å². The zero-order valence-electron chi connectivity index (χ0n) is 21.0. The van der Waals surface area contributed by atoms with Crippen molar-refractivity contribution in [1.29, 1.82) is 0 Å². The molecule has 7 heteroatoms. The van der Waals surface area contributed by atoms with Gasteiger partial charge < -0.3 is 52.9 Å². The molecule has 0 aliphatic rings. The van der Waals surface area contributed by atoms with Crippen LogP contribution < -0.4 is 52.9 Å². The van der Waals surface area contributed by atoms with Gasteiger partial charge in [-0.1, -0.05) is 59.3 Å². The third-order valence-electron chi connectivity index (χ3n) is 6.27. The van der Waals surface area contributed by atoms with Crippen molar-refractivity contribution in [1.82, 2.24) is 0 Å². The SMILES string of the molecule is COc1ccc2c([cH-]c3ccccc32)c1OC.COc1ccc2c([cH-]c3ccccc32)c1OC.[Br-].[Br-].[Ti+4]. The zero-order valence-corrected chi connectivity index (χ0v) is 25.7. The minimum Gasteiger partial charge on any atom is -1.00 e. The molecule has 0 aromatic heterocycles. The Labute approximate surface area is 252 Å². The van der Waals surface area contributed by atoms with E-state index in [0.717, 1.165) is 33.8 Å². The van der Waals surface area contributed by atoms with Gasteiger partial charge in [-0.2, -0.15) is 0 Å². The summed E-state index contributed by atoms with van der Waals surface area (Å²) in [4.78, 5) is 0. The second-order valence-corrected chi connectivity index (χ2v) is 7.99. The van der Waals surface area contributed by atoms with Gasteiger partial charge in [0.15, 0.2) is 0 Å². The van der Waals surface area contributed by atoms with Gasteiger partial charge in [-0.05, 0) is 12.1 Å². The summed E-state index contributed by atoms with van der Waals surface area (Å²) in [5.74, 6) is 3.16. The second kappa shape index (κ2) is 13.3. The molecule has 0 bridgehead atoms. The number of halogens is 2. The summed E-state index contributed by atoms with van der Waals surface area (Å²) in [6, 6.07) is 29.0. The molecule has 6 aromatic carbocycles. The van der Waals surface area contributed by atoms with Gasteiger partial charge in [0.05, 0.1) is 28.4 Å². The van der Waals surface area contributed by atoms with Crippen LogP contribution >= 0.6 is 0 Å². The molecule has 0 amide bonds. The molecule has 188 valence electrons. The quantitative estimate of drug-likeness (QED) is 0.213. The number of benzene rings is 4. The van der Waals surface area contributed by atoms with Gasteiger partial charge in [-0.3, -0.25) is 0 Å². The maximum atomic E-state index is 5.45. The maximum absolute atomic E-state index is 5.45. The predicted molar refractivity (Wildman–Crippen MR) is 140 cm³/mol. The van der Waals surface area contributed by atoms with Gasteiger partial charge in [0, 0.05) is 0 Å². The summed E-state index contributed by atoms with van der Waals surface area (Å²) in [7, 11) is 6.67. The number of fused-ring (bicyclic) bond motifs is 6. The fourth-order valence-electron chi connectivity index (χ4n) is 4.71. The van der Waals surface area contributed by atoms with Crippen molar-refractivity contribution in [3.8, 4) is 23.0 Å². The third kappa shape index (κ3) is 5.53. The molecule has 0 atom stereocenters. The molecule has 6 aromatic rings. The van der Waals surface area contributed by atoms with E-state index in [-0.39, 0.29) is 55.7 Å². The second-order valence-electron chi connectivity index (χ2n) is 7.99. The van der Waals surface area contributed by atoms with Gasteiger partial charge in [0.2, 0.25) is 0 Å². The Bertz CT molecular complexity index is 1500. The van der Waals surface area contributed by atoms with Crippen LogP contribution in [0.3, 0.4) is 0 Å². The Morgan fingerprint density at radius 2 is 0.838 bits per heavy atom. The van der Waals surface area contributed by atoms with Crippen molar-refractivity contribution in [2.45, 2.75) is 0 Å². The molecule has 0 radical (unpaired) electrons. The average Bonchev–Trinajstić information content (AvgIpc) is 3.46. The van der Waals surface area contributed by atoms with E-state index < -0.39 is 0 Å². The first-order chi connectivity index (χ1) is 16.7. The summed E-state index contributed by atoms with van der Waals surface area (Å²) < 4.78 is 21.5. The van der Waals surface area contributed by atoms with Crippen LogP contribution in [0.5, 0.6) is 23.0 Å². The molecule has 0 fully saturated rings. The van der Waals surface area contributed by atoms with Crippen molar-refractivity contribution in [2.24, 2.45) is 0 Å². The number of hydrogen-bond donors (Lipinski definition) is 0. The Morgan fingerprint density at radius 3 is 1.19 bits per heavy atom. The molecule has 0 N–H and O–H groups in total. The van der Waals surface area contributed by atoms with Gasteiger partial charge in [-0.25, -0.2) is 0 Å². The molecular weight excluding hydrogens is 632 g/mol. The van der Waals surface area contributed by atoms with Crippen LogP contribution in [0, 0.1) is 0 Å². The fraction of sp³-hybridized carbons (Fsp3) is 0.133. The van der Waals surface area contributed by atoms with Crippen LogP contribution in [-0.2, 0) is 21.7 Å². The van der Waals surface area contributed by atoms with Crippen LogP contribution in [0.25, 0.3) is 43.1 Å². The van der Waals surface area contributed by atoms with E-state index in [1.807, 2.05) is 24.3 Å². The Kier molecular flexibility index (Phi) is 11.1. The summed E-state index contributed by atoms with van der Waals surface area (Å²) in [5, 5.41) is 9.59. The molecule has 4 nitrogen and oxygen atoms in total. The van der Waals surface area contributed by atoms with Gasteiger partial charge in [0.25, 0.3) is 0 Å². The first kappa shape index (κ1) is 30.7. The molecular formula is C30H26Br2O4Ti. The summed E-state index contributed by atoms with van der Waals surface area (Å²) in [6.45, 7) is 0. The molecule has 6 rings (SSSR count). The normalized spacial score (nSPS) is 10.1. The number of rotatable bonds is 4. The van der Waals surface area contributed by atoms with E-state index in [1.165, 1.54) is 32.3 Å². The van der Waals surface area contributed by atoms with Gasteiger partial charge in [-0.15, -0.1) is 56.6 Å². The van der Waals surface area contributed by atoms with Crippen molar-refractivity contribution in [2.75, 3.05) is 28.4 Å². The van der Waals surface area contributed by atoms with Crippen LogP contribution in [0.15, 0.2) is 84.9 Å². The van der Waals surface area contributed by atoms with Crippen molar-refractivity contribution in [3.63, 3.8) is 0 Å². The molecule has 0 unspecified atom stereocenters. The first-order valence-corrected chi connectivity index (χ1v) is 11.1. The Balaban J connectivity index is 0.000000241. The monoisotopic (exact) mass is 656 g/mol. The van der Waals surface area contributed by atoms with E-state index >= 15 is 0 Å². The topological polar surface area (TPSA) is 36.9 Å². The minimum atomic E-state index is 0. The van der Waals surface area contributed by atoms with E-state index in [9.17, 15) is 0 Å². The summed E-state index contributed by atoms with van der Waals surface area (Å²) in [5.41, 5.74) is 0. The largest absolute Gasteiger partial charge is 4.00 e. The summed E-state index contributed by atoms with van der Waals surface area (Å²) in [6.07, 6.45) is 0. The maximum Gasteiger partial charge on any atom is 4.00 e. The standard InChI is InChI=1S/2C15H13O2.2BrH.Ti/c2*1-16-14-8-7-12-11-6-4-3-5-10(11)9-13(12)15(14)17-2;;;/h2*3-9H,1-2H3;2*1H;/q2*-1;;;+4/p-2. The van der Waals surface area contributed by atoms with E-state index in [0.29, 0.717) is 0 Å². The van der Waals surface area contributed by atoms with Crippen molar-refractivity contribution in [3.05, 3.63) is 84.9 Å². The van der Waals surface area contributed by atoms with E-state index in [1.54, 1.807) is 28.4 Å². The van der Waals surface area contributed by atoms with Crippen LogP contribution in [0.4, 0.5) is 0 Å². The van der Waals surface area contributed by atoms with Gasteiger partial charge >= 0.3 is 21.7 Å². The van der Waals surface area contributed by atoms with Crippen LogP contribution in [0.1, 0.15) is 0 Å².